The SMILES string of the molecule is CCOC(=O)/C(=C(\I)c1ccccc1)c1ccccc1. The molecule has 0 saturated carbocycles. The summed E-state index contributed by atoms with van der Waals surface area (Å²) in [5, 5.41) is 0. The second kappa shape index (κ2) is 7.24. The number of esters is 1. The smallest absolute Gasteiger partial charge is 0.339 e. The van der Waals surface area contributed by atoms with Crippen LogP contribution in [0.1, 0.15) is 18.1 Å². The summed E-state index contributed by atoms with van der Waals surface area (Å²) < 4.78 is 6.10. The molecule has 2 aromatic rings. The number of hydrogen-bond acceptors (Lipinski definition) is 2. The zero-order valence-electron chi connectivity index (χ0n) is 11.2. The van der Waals surface area contributed by atoms with Gasteiger partial charge in [-0.15, -0.1) is 0 Å². The topological polar surface area (TPSA) is 26.3 Å². The summed E-state index contributed by atoms with van der Waals surface area (Å²) in [4.78, 5) is 12.3. The normalized spacial score (nSPS) is 11.7. The van der Waals surface area contributed by atoms with Gasteiger partial charge in [-0.25, -0.2) is 4.79 Å². The van der Waals surface area contributed by atoms with E-state index in [9.17, 15) is 4.79 Å². The summed E-state index contributed by atoms with van der Waals surface area (Å²) in [5.74, 6) is -0.285. The monoisotopic (exact) mass is 378 g/mol. The van der Waals surface area contributed by atoms with E-state index in [1.165, 1.54) is 0 Å². The van der Waals surface area contributed by atoms with Crippen LogP contribution in [0, 0.1) is 0 Å². The van der Waals surface area contributed by atoms with Crippen molar-refractivity contribution in [3.05, 3.63) is 71.8 Å². The molecule has 2 aromatic carbocycles. The largest absolute Gasteiger partial charge is 0.462 e. The van der Waals surface area contributed by atoms with Crippen molar-refractivity contribution in [2.24, 2.45) is 0 Å². The molecule has 0 radical (unpaired) electrons. The third-order valence-corrected chi connectivity index (χ3v) is 3.95. The van der Waals surface area contributed by atoms with Crippen LogP contribution in [0.5, 0.6) is 0 Å². The van der Waals surface area contributed by atoms with Gasteiger partial charge in [0.2, 0.25) is 0 Å². The summed E-state index contributed by atoms with van der Waals surface area (Å²) in [6.45, 7) is 2.18. The molecular weight excluding hydrogens is 363 g/mol. The lowest BCUT2D eigenvalue weighted by Crippen LogP contribution is -2.08. The molecule has 0 amide bonds. The van der Waals surface area contributed by atoms with Gasteiger partial charge in [-0.2, -0.15) is 0 Å². The summed E-state index contributed by atoms with van der Waals surface area (Å²) >= 11 is 2.21. The maximum absolute atomic E-state index is 12.3. The number of hydrogen-bond donors (Lipinski definition) is 0. The molecular formula is C17H15IO2. The van der Waals surface area contributed by atoms with E-state index >= 15 is 0 Å². The molecule has 102 valence electrons. The Hall–Kier alpha value is -1.62. The molecule has 0 heterocycles. The minimum absolute atomic E-state index is 0.285. The second-order valence-corrected chi connectivity index (χ2v) is 5.22. The zero-order valence-corrected chi connectivity index (χ0v) is 13.3. The fraction of sp³-hybridized carbons (Fsp3) is 0.118. The van der Waals surface area contributed by atoms with Crippen molar-refractivity contribution in [3.8, 4) is 0 Å². The van der Waals surface area contributed by atoms with Crippen molar-refractivity contribution in [3.63, 3.8) is 0 Å². The van der Waals surface area contributed by atoms with Gasteiger partial charge in [-0.1, -0.05) is 60.7 Å². The van der Waals surface area contributed by atoms with Crippen LogP contribution in [0.4, 0.5) is 0 Å². The molecule has 0 aliphatic rings. The molecule has 0 aromatic heterocycles. The Bertz CT molecular complexity index is 603. The Morgan fingerprint density at radius 1 is 0.950 bits per heavy atom. The minimum Gasteiger partial charge on any atom is -0.462 e. The first-order valence-electron chi connectivity index (χ1n) is 6.41. The molecule has 20 heavy (non-hydrogen) atoms. The van der Waals surface area contributed by atoms with Gasteiger partial charge in [0.25, 0.3) is 0 Å². The molecule has 0 aliphatic carbocycles. The molecule has 2 rings (SSSR count). The average molecular weight is 378 g/mol. The summed E-state index contributed by atoms with van der Waals surface area (Å²) in [5.41, 5.74) is 2.50. The van der Waals surface area contributed by atoms with Crippen LogP contribution in [0.15, 0.2) is 60.7 Å². The number of halogens is 1. The Kier molecular flexibility index (Phi) is 5.35. The molecule has 0 aliphatic heterocycles. The van der Waals surface area contributed by atoms with E-state index in [4.69, 9.17) is 4.74 Å². The van der Waals surface area contributed by atoms with Gasteiger partial charge in [0.1, 0.15) is 0 Å². The van der Waals surface area contributed by atoms with E-state index in [-0.39, 0.29) is 5.97 Å². The number of benzene rings is 2. The lowest BCUT2D eigenvalue weighted by molar-refractivity contribution is -0.136. The first-order valence-corrected chi connectivity index (χ1v) is 7.49. The van der Waals surface area contributed by atoms with Crippen LogP contribution in [0.25, 0.3) is 9.15 Å². The van der Waals surface area contributed by atoms with Crippen LogP contribution in [-0.4, -0.2) is 12.6 Å². The first-order chi connectivity index (χ1) is 9.74. The molecule has 0 saturated heterocycles. The maximum atomic E-state index is 12.3. The number of rotatable bonds is 4. The lowest BCUT2D eigenvalue weighted by Gasteiger charge is -2.11. The molecule has 0 bridgehead atoms. The summed E-state index contributed by atoms with van der Waals surface area (Å²) in [6, 6.07) is 19.5. The second-order valence-electron chi connectivity index (χ2n) is 4.14. The lowest BCUT2D eigenvalue weighted by atomic mass is 10.0. The van der Waals surface area contributed by atoms with E-state index in [2.05, 4.69) is 22.6 Å². The van der Waals surface area contributed by atoms with Crippen molar-refractivity contribution in [1.82, 2.24) is 0 Å². The standard InChI is InChI=1S/C17H15IO2/c1-2-20-17(19)15(13-9-5-3-6-10-13)16(18)14-11-7-4-8-12-14/h3-12H,2H2,1H3/b16-15-. The highest BCUT2D eigenvalue weighted by atomic mass is 127. The Morgan fingerprint density at radius 3 is 1.95 bits per heavy atom. The van der Waals surface area contributed by atoms with E-state index in [1.54, 1.807) is 0 Å². The van der Waals surface area contributed by atoms with Gasteiger partial charge in [-0.05, 0) is 40.6 Å². The van der Waals surface area contributed by atoms with Gasteiger partial charge in [0, 0.05) is 3.58 Å². The Morgan fingerprint density at radius 2 is 1.45 bits per heavy atom. The first kappa shape index (κ1) is 14.8. The highest BCUT2D eigenvalue weighted by Crippen LogP contribution is 2.32. The van der Waals surface area contributed by atoms with Crippen LogP contribution < -0.4 is 0 Å². The predicted octanol–water partition coefficient (Wildman–Crippen LogP) is 4.55. The number of carbonyl (C=O) groups is 1. The predicted molar refractivity (Wildman–Crippen MR) is 90.4 cm³/mol. The summed E-state index contributed by atoms with van der Waals surface area (Å²) in [7, 11) is 0. The molecule has 0 unspecified atom stereocenters. The number of ether oxygens (including phenoxy) is 1. The summed E-state index contributed by atoms with van der Waals surface area (Å²) in [6.07, 6.45) is 0. The number of carbonyl (C=O) groups excluding carboxylic acids is 1. The van der Waals surface area contributed by atoms with Crippen LogP contribution in [0.3, 0.4) is 0 Å². The quantitative estimate of drug-likeness (QED) is 0.338. The van der Waals surface area contributed by atoms with Gasteiger partial charge in [0.05, 0.1) is 12.2 Å². The van der Waals surface area contributed by atoms with Gasteiger partial charge >= 0.3 is 5.97 Å². The van der Waals surface area contributed by atoms with Gasteiger partial charge in [-0.3, -0.25) is 0 Å². The van der Waals surface area contributed by atoms with Crippen molar-refractivity contribution in [2.75, 3.05) is 6.61 Å². The molecule has 0 N–H and O–H groups in total. The molecule has 3 heteroatoms. The Labute approximate surface area is 132 Å². The maximum Gasteiger partial charge on any atom is 0.339 e. The highest BCUT2D eigenvalue weighted by molar-refractivity contribution is 14.1. The van der Waals surface area contributed by atoms with E-state index < -0.39 is 0 Å². The fourth-order valence-electron chi connectivity index (χ4n) is 1.87. The highest BCUT2D eigenvalue weighted by Gasteiger charge is 2.18. The van der Waals surface area contributed by atoms with Crippen molar-refractivity contribution < 1.29 is 9.53 Å². The van der Waals surface area contributed by atoms with Gasteiger partial charge < -0.3 is 4.74 Å². The molecule has 2 nitrogen and oxygen atoms in total. The van der Waals surface area contributed by atoms with E-state index in [1.807, 2.05) is 67.6 Å². The van der Waals surface area contributed by atoms with E-state index in [0.717, 1.165) is 14.7 Å². The fourth-order valence-corrected chi connectivity index (χ4v) is 2.76. The van der Waals surface area contributed by atoms with Crippen molar-refractivity contribution >= 4 is 37.7 Å². The van der Waals surface area contributed by atoms with Crippen LogP contribution >= 0.6 is 22.6 Å². The zero-order chi connectivity index (χ0) is 14.4. The third-order valence-electron chi connectivity index (χ3n) is 2.79. The van der Waals surface area contributed by atoms with Crippen molar-refractivity contribution in [1.29, 1.82) is 0 Å². The molecule has 0 atom stereocenters. The van der Waals surface area contributed by atoms with E-state index in [0.29, 0.717) is 12.2 Å². The van der Waals surface area contributed by atoms with Crippen LogP contribution in [0.2, 0.25) is 0 Å². The average Bonchev–Trinajstić information content (AvgIpc) is 2.50. The van der Waals surface area contributed by atoms with Crippen LogP contribution in [-0.2, 0) is 9.53 Å². The minimum atomic E-state index is -0.285. The molecule has 0 fully saturated rings. The molecule has 0 spiro atoms. The Balaban J connectivity index is 2.54. The van der Waals surface area contributed by atoms with Gasteiger partial charge in [0.15, 0.2) is 0 Å². The van der Waals surface area contributed by atoms with Crippen molar-refractivity contribution in [2.45, 2.75) is 6.92 Å². The third kappa shape index (κ3) is 3.48.